The fraction of sp³-hybridized carbons (Fsp3) is 0.527. The molecule has 4 N–H and O–H groups in total. The number of nitro groups is 1. The van der Waals surface area contributed by atoms with Crippen molar-refractivity contribution in [1.82, 2.24) is 19.6 Å². The van der Waals surface area contributed by atoms with E-state index in [0.29, 0.717) is 93.5 Å². The Hall–Kier alpha value is -5.86. The van der Waals surface area contributed by atoms with Crippen LogP contribution in [0.2, 0.25) is 0 Å². The van der Waals surface area contributed by atoms with Gasteiger partial charge in [-0.3, -0.25) is 19.8 Å². The van der Waals surface area contributed by atoms with Crippen molar-refractivity contribution in [2.75, 3.05) is 85.7 Å². The number of carbonyl (C=O) groups is 1. The minimum absolute atomic E-state index is 0.0581. The van der Waals surface area contributed by atoms with Crippen molar-refractivity contribution in [2.45, 2.75) is 113 Å². The van der Waals surface area contributed by atoms with Crippen molar-refractivity contribution >= 4 is 61.2 Å². The maximum Gasteiger partial charge on any atom is 0.293 e. The number of aliphatic hydroxyl groups is 1. The molecule has 2 aliphatic carbocycles. The van der Waals surface area contributed by atoms with E-state index >= 15 is 4.39 Å². The molecule has 74 heavy (non-hydrogen) atoms. The Morgan fingerprint density at radius 3 is 2.46 bits per heavy atom. The minimum Gasteiger partial charge on any atom is -0.390 e. The zero-order chi connectivity index (χ0) is 51.5. The lowest BCUT2D eigenvalue weighted by Crippen LogP contribution is -2.58. The van der Waals surface area contributed by atoms with Crippen molar-refractivity contribution in [3.8, 4) is 0 Å². The number of aromatic amines is 1. The second-order valence-electron chi connectivity index (χ2n) is 22.3. The predicted octanol–water partition coefficient (Wildman–Crippen LogP) is 8.77. The quantitative estimate of drug-likeness (QED) is 0.0683. The van der Waals surface area contributed by atoms with E-state index in [-0.39, 0.29) is 40.1 Å². The standard InChI is InChI=1S/C55H68FN9O8S/c1-35(2)41-6-4-5-7-42(41)50-34-73-24-22-62(50)39-29-55(30-39)17-20-61(21-18-55)37-8-10-43(47(26-37)64-19-14-38-33-72-25-23-63(38)52-49(64)28-44-45(56)32-58-51(44)59-52)53(66)60-74(70,71)40-9-11-46(48(27-40)65(68)69)57-31-36-12-15-54(3,67)16-13-36/h4-11,26-28,32,35-36,38-39,50,57,67H,12-25,29-31,33-34H2,1-3H3,(H,58,59)(H,60,66)/t36?,38-,50-,54?/m0/s1. The monoisotopic (exact) mass is 1030 g/mol. The van der Waals surface area contributed by atoms with E-state index in [4.69, 9.17) is 14.5 Å². The van der Waals surface area contributed by atoms with Gasteiger partial charge < -0.3 is 39.6 Å². The zero-order valence-electron chi connectivity index (χ0n) is 42.5. The molecule has 0 radical (unpaired) electrons. The Morgan fingerprint density at radius 1 is 0.932 bits per heavy atom. The summed E-state index contributed by atoms with van der Waals surface area (Å²) in [6.07, 6.45) is 8.86. The number of carbonyl (C=O) groups excluding carboxylic acids is 1. The number of aromatic nitrogens is 2. The number of H-pyrrole nitrogens is 1. The van der Waals surface area contributed by atoms with Gasteiger partial charge in [0.05, 0.1) is 76.3 Å². The lowest BCUT2D eigenvalue weighted by molar-refractivity contribution is -0.384. The first-order chi connectivity index (χ1) is 35.6. The Kier molecular flexibility index (Phi) is 13.6. The molecule has 0 unspecified atom stereocenters. The second-order valence-corrected chi connectivity index (χ2v) is 24.0. The molecule has 5 aromatic rings. The maximum absolute atomic E-state index is 15.4. The topological polar surface area (TPSA) is 199 Å². The van der Waals surface area contributed by atoms with Gasteiger partial charge in [-0.2, -0.15) is 0 Å². The molecule has 0 bridgehead atoms. The number of benzene rings is 3. The lowest BCUT2D eigenvalue weighted by atomic mass is 9.59. The highest BCUT2D eigenvalue weighted by atomic mass is 32.2. The van der Waals surface area contributed by atoms with Crippen LogP contribution in [0.4, 0.5) is 38.6 Å². The largest absolute Gasteiger partial charge is 0.390 e. The van der Waals surface area contributed by atoms with Gasteiger partial charge in [-0.25, -0.2) is 22.5 Å². The van der Waals surface area contributed by atoms with Crippen LogP contribution in [-0.4, -0.2) is 123 Å². The maximum atomic E-state index is 15.4. The highest BCUT2D eigenvalue weighted by Gasteiger charge is 2.50. The average molecular weight is 1030 g/mol. The number of hydrogen-bond acceptors (Lipinski definition) is 14. The molecule has 6 heterocycles. The summed E-state index contributed by atoms with van der Waals surface area (Å²) in [5.41, 5.74) is 4.26. The molecule has 1 spiro atoms. The number of morpholine rings is 2. The molecule has 394 valence electrons. The summed E-state index contributed by atoms with van der Waals surface area (Å²) in [7, 11) is -4.66. The van der Waals surface area contributed by atoms with Crippen molar-refractivity contribution in [3.05, 3.63) is 106 Å². The van der Waals surface area contributed by atoms with Crippen molar-refractivity contribution in [2.24, 2.45) is 11.3 Å². The van der Waals surface area contributed by atoms with Crippen LogP contribution in [-0.2, 0) is 19.5 Å². The van der Waals surface area contributed by atoms with Crippen LogP contribution >= 0.6 is 0 Å². The normalized spacial score (nSPS) is 24.6. The number of nitrogens with zero attached hydrogens (tertiary/aromatic N) is 6. The number of anilines is 5. The highest BCUT2D eigenvalue weighted by molar-refractivity contribution is 7.90. The van der Waals surface area contributed by atoms with Crippen LogP contribution in [0.25, 0.3) is 11.0 Å². The number of nitro benzene ring substituents is 1. The summed E-state index contributed by atoms with van der Waals surface area (Å²) in [6.45, 7) is 12.5. The van der Waals surface area contributed by atoms with Gasteiger partial charge in [0, 0.05) is 63.3 Å². The van der Waals surface area contributed by atoms with Gasteiger partial charge in [0.25, 0.3) is 21.6 Å². The van der Waals surface area contributed by atoms with Crippen LogP contribution < -0.4 is 24.7 Å². The molecule has 3 saturated heterocycles. The number of sulfonamides is 1. The van der Waals surface area contributed by atoms with Gasteiger partial charge >= 0.3 is 0 Å². The summed E-state index contributed by atoms with van der Waals surface area (Å²) in [5, 5.41) is 26.2. The Balaban J connectivity index is 0.873. The molecule has 19 heteroatoms. The van der Waals surface area contributed by atoms with Gasteiger partial charge in [-0.15, -0.1) is 0 Å². The fourth-order valence-electron chi connectivity index (χ4n) is 12.8. The number of ether oxygens (including phenoxy) is 2. The highest BCUT2D eigenvalue weighted by Crippen LogP contribution is 2.54. The molecule has 2 aromatic heterocycles. The van der Waals surface area contributed by atoms with Crippen LogP contribution in [0.15, 0.2) is 77.8 Å². The Morgan fingerprint density at radius 2 is 1.69 bits per heavy atom. The average Bonchev–Trinajstić information content (AvgIpc) is 3.67. The van der Waals surface area contributed by atoms with Crippen molar-refractivity contribution in [3.63, 3.8) is 0 Å². The van der Waals surface area contributed by atoms with Crippen molar-refractivity contribution in [1.29, 1.82) is 0 Å². The first kappa shape index (κ1) is 50.3. The number of piperidine rings is 1. The van der Waals surface area contributed by atoms with Crippen molar-refractivity contribution < 1.29 is 37.1 Å². The molecule has 2 saturated carbocycles. The number of pyridine rings is 1. The zero-order valence-corrected chi connectivity index (χ0v) is 43.3. The number of amides is 1. The molecule has 2 atom stereocenters. The van der Waals surface area contributed by atoms with Gasteiger partial charge in [-0.1, -0.05) is 38.1 Å². The van der Waals surface area contributed by atoms with Crippen LogP contribution in [0.1, 0.15) is 112 Å². The van der Waals surface area contributed by atoms with E-state index in [0.717, 1.165) is 76.5 Å². The SMILES string of the molecule is CC(C)c1ccccc1[C@@H]1COCCN1C1CC2(CCN(c3ccc(C(=O)NS(=O)(=O)c4ccc(NCC5CCC(C)(O)CC5)c([N+](=O)[O-])c4)c(N4CC[C@H]5COCCN5c5nc6[nH]cc(F)c6cc54)c3)CC2)C1. The third kappa shape index (κ3) is 9.81. The van der Waals surface area contributed by atoms with Gasteiger partial charge in [0.1, 0.15) is 17.2 Å². The molecule has 4 aliphatic heterocycles. The van der Waals surface area contributed by atoms with E-state index in [1.54, 1.807) is 12.1 Å². The lowest BCUT2D eigenvalue weighted by Gasteiger charge is -2.57. The summed E-state index contributed by atoms with van der Waals surface area (Å²) in [6, 6.07) is 20.2. The number of rotatable bonds is 12. The van der Waals surface area contributed by atoms with Crippen LogP contribution in [0.3, 0.4) is 0 Å². The fourth-order valence-corrected chi connectivity index (χ4v) is 13.8. The molecule has 11 rings (SSSR count). The third-order valence-electron chi connectivity index (χ3n) is 17.2. The summed E-state index contributed by atoms with van der Waals surface area (Å²) >= 11 is 0. The number of halogens is 1. The van der Waals surface area contributed by atoms with E-state index < -0.39 is 42.9 Å². The van der Waals surface area contributed by atoms with E-state index in [2.05, 4.69) is 67.8 Å². The Bertz CT molecular complexity index is 3030. The number of hydrogen-bond donors (Lipinski definition) is 4. The smallest absolute Gasteiger partial charge is 0.293 e. The first-order valence-electron chi connectivity index (χ1n) is 26.5. The van der Waals surface area contributed by atoms with E-state index in [1.165, 1.54) is 29.5 Å². The molecular weight excluding hydrogens is 966 g/mol. The summed E-state index contributed by atoms with van der Waals surface area (Å²) in [5.74, 6) is -0.197. The minimum atomic E-state index is -4.66. The molecule has 1 amide bonds. The van der Waals surface area contributed by atoms with Gasteiger partial charge in [0.15, 0.2) is 5.82 Å². The first-order valence-corrected chi connectivity index (χ1v) is 28.0. The van der Waals surface area contributed by atoms with Crippen LogP contribution in [0, 0.1) is 27.3 Å². The predicted molar refractivity (Wildman–Crippen MR) is 283 cm³/mol. The molecule has 5 fully saturated rings. The van der Waals surface area contributed by atoms with Gasteiger partial charge in [0.2, 0.25) is 0 Å². The Labute approximate surface area is 432 Å². The van der Waals surface area contributed by atoms with Crippen LogP contribution in [0.5, 0.6) is 0 Å². The molecular formula is C55H68FN9O8S. The number of fused-ring (bicyclic) bond motifs is 4. The molecule has 6 aliphatic rings. The summed E-state index contributed by atoms with van der Waals surface area (Å²) in [4.78, 5) is 43.1. The third-order valence-corrected chi connectivity index (χ3v) is 18.5. The number of nitrogens with one attached hydrogen (secondary N) is 3. The summed E-state index contributed by atoms with van der Waals surface area (Å²) < 4.78 is 58.1. The van der Waals surface area contributed by atoms with E-state index in [1.807, 2.05) is 24.0 Å². The second kappa shape index (κ2) is 20.0. The molecule has 3 aromatic carbocycles. The van der Waals surface area contributed by atoms with Gasteiger partial charge in [-0.05, 0) is 129 Å². The molecule has 17 nitrogen and oxygen atoms in total. The van der Waals surface area contributed by atoms with E-state index in [9.17, 15) is 28.4 Å².